The van der Waals surface area contributed by atoms with Gasteiger partial charge >= 0.3 is 0 Å². The predicted molar refractivity (Wildman–Crippen MR) is 67.1 cm³/mol. The molecule has 0 fully saturated rings. The Balaban J connectivity index is 3.10. The number of alkyl halides is 2. The minimum Gasteiger partial charge on any atom is -0.336 e. The van der Waals surface area contributed by atoms with Crippen LogP contribution < -0.4 is 5.56 Å². The summed E-state index contributed by atoms with van der Waals surface area (Å²) in [5.41, 5.74) is 0.734. The molecule has 6 heteroatoms. The number of hydrogen-bond donors (Lipinski definition) is 1. The van der Waals surface area contributed by atoms with E-state index in [9.17, 15) is 4.79 Å². The van der Waals surface area contributed by atoms with Gasteiger partial charge in [-0.15, -0.1) is 0 Å². The number of aromatic amines is 1. The standard InChI is InChI=1S/C8H10Br2N2OS/c1-5-2-7(13)12(8(14)11-5)4-6(10)3-9/h2,6H,3-4H2,1H3,(H,11,14). The monoisotopic (exact) mass is 340 g/mol. The second-order valence-corrected chi connectivity index (χ2v) is 5.29. The first kappa shape index (κ1) is 12.1. The molecule has 1 unspecified atom stereocenters. The molecule has 0 spiro atoms. The summed E-state index contributed by atoms with van der Waals surface area (Å²) in [5, 5.41) is 0.780. The highest BCUT2D eigenvalue weighted by Crippen LogP contribution is 2.05. The Labute approximate surface area is 104 Å². The summed E-state index contributed by atoms with van der Waals surface area (Å²) < 4.78 is 2.02. The second kappa shape index (κ2) is 5.23. The molecule has 1 N–H and O–H groups in total. The van der Waals surface area contributed by atoms with Gasteiger partial charge in [-0.1, -0.05) is 31.9 Å². The lowest BCUT2D eigenvalue weighted by Gasteiger charge is -2.09. The van der Waals surface area contributed by atoms with E-state index in [0.717, 1.165) is 11.0 Å². The summed E-state index contributed by atoms with van der Waals surface area (Å²) in [6.45, 7) is 2.39. The van der Waals surface area contributed by atoms with Crippen molar-refractivity contribution in [3.8, 4) is 0 Å². The van der Waals surface area contributed by atoms with E-state index in [1.165, 1.54) is 0 Å². The van der Waals surface area contributed by atoms with Gasteiger partial charge in [-0.3, -0.25) is 9.36 Å². The molecule has 14 heavy (non-hydrogen) atoms. The molecule has 3 nitrogen and oxygen atoms in total. The molecule has 0 bridgehead atoms. The van der Waals surface area contributed by atoms with Crippen LogP contribution in [0.15, 0.2) is 10.9 Å². The smallest absolute Gasteiger partial charge is 0.254 e. The van der Waals surface area contributed by atoms with Gasteiger partial charge in [0.1, 0.15) is 0 Å². The van der Waals surface area contributed by atoms with Crippen LogP contribution in [0.1, 0.15) is 5.69 Å². The summed E-state index contributed by atoms with van der Waals surface area (Å²) in [7, 11) is 0. The average molecular weight is 342 g/mol. The highest BCUT2D eigenvalue weighted by molar-refractivity contribution is 9.12. The predicted octanol–water partition coefficient (Wildman–Crippen LogP) is 2.37. The molecule has 0 saturated heterocycles. The lowest BCUT2D eigenvalue weighted by molar-refractivity contribution is 0.647. The Hall–Kier alpha value is 0.0600. The quantitative estimate of drug-likeness (QED) is 0.677. The maximum absolute atomic E-state index is 11.6. The average Bonchev–Trinajstić information content (AvgIpc) is 2.10. The Morgan fingerprint density at radius 1 is 1.71 bits per heavy atom. The zero-order chi connectivity index (χ0) is 10.7. The molecule has 1 atom stereocenters. The maximum Gasteiger partial charge on any atom is 0.254 e. The topological polar surface area (TPSA) is 37.8 Å². The number of nitrogens with one attached hydrogen (secondary N) is 1. The molecule has 1 heterocycles. The van der Waals surface area contributed by atoms with Gasteiger partial charge in [-0.05, 0) is 19.1 Å². The second-order valence-electron chi connectivity index (χ2n) is 2.96. The van der Waals surface area contributed by atoms with Gasteiger partial charge in [0.2, 0.25) is 0 Å². The number of aromatic nitrogens is 2. The van der Waals surface area contributed by atoms with Gasteiger partial charge in [0, 0.05) is 28.5 Å². The highest BCUT2D eigenvalue weighted by Gasteiger charge is 2.06. The molecule has 0 aromatic carbocycles. The van der Waals surface area contributed by atoms with E-state index in [2.05, 4.69) is 36.8 Å². The minimum absolute atomic E-state index is 0.0587. The maximum atomic E-state index is 11.6. The Morgan fingerprint density at radius 3 is 2.86 bits per heavy atom. The number of aryl methyl sites for hydroxylation is 1. The van der Waals surface area contributed by atoms with Crippen molar-refractivity contribution in [3.63, 3.8) is 0 Å². The van der Waals surface area contributed by atoms with Crippen LogP contribution in [0.4, 0.5) is 0 Å². The SMILES string of the molecule is Cc1cc(=O)n(CC(Br)CBr)c(=S)[nH]1. The van der Waals surface area contributed by atoms with E-state index in [4.69, 9.17) is 12.2 Å². The fraction of sp³-hybridized carbons (Fsp3) is 0.500. The highest BCUT2D eigenvalue weighted by atomic mass is 79.9. The molecular formula is C8H10Br2N2OS. The van der Waals surface area contributed by atoms with Gasteiger partial charge in [0.25, 0.3) is 5.56 Å². The number of hydrogen-bond acceptors (Lipinski definition) is 2. The van der Waals surface area contributed by atoms with Crippen LogP contribution in [-0.4, -0.2) is 19.7 Å². The molecule has 1 aromatic rings. The lowest BCUT2D eigenvalue weighted by Crippen LogP contribution is -2.26. The number of nitrogens with zero attached hydrogens (tertiary/aromatic N) is 1. The van der Waals surface area contributed by atoms with Gasteiger partial charge in [0.15, 0.2) is 4.77 Å². The number of H-pyrrole nitrogens is 1. The van der Waals surface area contributed by atoms with E-state index < -0.39 is 0 Å². The Morgan fingerprint density at radius 2 is 2.36 bits per heavy atom. The van der Waals surface area contributed by atoms with Crippen LogP contribution in [0.25, 0.3) is 0 Å². The number of rotatable bonds is 3. The van der Waals surface area contributed by atoms with Crippen LogP contribution in [0.2, 0.25) is 0 Å². The van der Waals surface area contributed by atoms with Crippen molar-refractivity contribution < 1.29 is 0 Å². The van der Waals surface area contributed by atoms with Crippen molar-refractivity contribution >= 4 is 44.1 Å². The molecule has 0 radical (unpaired) electrons. The molecule has 0 saturated carbocycles. The Bertz CT molecular complexity index is 395. The van der Waals surface area contributed by atoms with E-state index in [0.29, 0.717) is 11.3 Å². The summed E-state index contributed by atoms with van der Waals surface area (Å²) in [5.74, 6) is 0. The van der Waals surface area contributed by atoms with E-state index >= 15 is 0 Å². The molecule has 1 rings (SSSR count). The molecule has 1 aromatic heterocycles. The summed E-state index contributed by atoms with van der Waals surface area (Å²) in [4.78, 5) is 14.7. The zero-order valence-corrected chi connectivity index (χ0v) is 11.6. The van der Waals surface area contributed by atoms with Gasteiger partial charge in [-0.2, -0.15) is 0 Å². The van der Waals surface area contributed by atoms with E-state index in [1.54, 1.807) is 10.6 Å². The number of halogens is 2. The molecular weight excluding hydrogens is 332 g/mol. The summed E-state index contributed by atoms with van der Waals surface area (Å²) >= 11 is 11.8. The van der Waals surface area contributed by atoms with Crippen LogP contribution in [0.5, 0.6) is 0 Å². The van der Waals surface area contributed by atoms with Crippen LogP contribution >= 0.6 is 44.1 Å². The van der Waals surface area contributed by atoms with E-state index in [1.807, 2.05) is 6.92 Å². The van der Waals surface area contributed by atoms with Gasteiger partial charge < -0.3 is 4.98 Å². The van der Waals surface area contributed by atoms with Crippen molar-refractivity contribution in [3.05, 3.63) is 26.9 Å². The van der Waals surface area contributed by atoms with Crippen molar-refractivity contribution in [2.24, 2.45) is 0 Å². The fourth-order valence-electron chi connectivity index (χ4n) is 1.06. The Kier molecular flexibility index (Phi) is 4.53. The lowest BCUT2D eigenvalue weighted by atomic mass is 10.4. The molecule has 0 amide bonds. The van der Waals surface area contributed by atoms with Crippen molar-refractivity contribution in [1.82, 2.24) is 9.55 Å². The third-order valence-electron chi connectivity index (χ3n) is 1.70. The zero-order valence-electron chi connectivity index (χ0n) is 7.59. The van der Waals surface area contributed by atoms with Crippen LogP contribution in [-0.2, 0) is 6.54 Å². The van der Waals surface area contributed by atoms with Crippen molar-refractivity contribution in [2.45, 2.75) is 18.3 Å². The third kappa shape index (κ3) is 3.03. The first-order chi connectivity index (χ1) is 6.54. The first-order valence-electron chi connectivity index (χ1n) is 4.05. The molecule has 0 aliphatic heterocycles. The molecule has 0 aliphatic rings. The van der Waals surface area contributed by atoms with E-state index in [-0.39, 0.29) is 10.4 Å². The van der Waals surface area contributed by atoms with Gasteiger partial charge in [-0.25, -0.2) is 0 Å². The first-order valence-corrected chi connectivity index (χ1v) is 6.50. The summed E-state index contributed by atoms with van der Waals surface area (Å²) in [6.07, 6.45) is 0. The molecule has 0 aliphatic carbocycles. The fourth-order valence-corrected chi connectivity index (χ4v) is 1.88. The van der Waals surface area contributed by atoms with Crippen molar-refractivity contribution in [1.29, 1.82) is 0 Å². The van der Waals surface area contributed by atoms with Crippen LogP contribution in [0, 0.1) is 11.7 Å². The normalized spacial score (nSPS) is 12.8. The van der Waals surface area contributed by atoms with Crippen molar-refractivity contribution in [2.75, 3.05) is 5.33 Å². The third-order valence-corrected chi connectivity index (χ3v) is 4.29. The molecule has 78 valence electrons. The minimum atomic E-state index is -0.0587. The summed E-state index contributed by atoms with van der Waals surface area (Å²) in [6, 6.07) is 1.55. The van der Waals surface area contributed by atoms with Crippen LogP contribution in [0.3, 0.4) is 0 Å². The van der Waals surface area contributed by atoms with Gasteiger partial charge in [0.05, 0.1) is 0 Å². The largest absolute Gasteiger partial charge is 0.336 e.